The molecule has 0 spiro atoms. The molecule has 20 heteroatoms. The smallest absolute Gasteiger partial charge is 1.00 e. The van der Waals surface area contributed by atoms with Gasteiger partial charge in [-0.25, -0.2) is 19.9 Å². The fourth-order valence-corrected chi connectivity index (χ4v) is 3.91. The van der Waals surface area contributed by atoms with Gasteiger partial charge in [-0.15, -0.1) is 0 Å². The largest absolute Gasteiger partial charge is 2.00 e. The van der Waals surface area contributed by atoms with E-state index in [9.17, 15) is 0 Å². The Morgan fingerprint density at radius 2 is 0.536 bits per heavy atom. The molecular formula is C36H22Cl4N14Pt2. The van der Waals surface area contributed by atoms with Gasteiger partial charge in [-0.05, 0) is 48.5 Å². The van der Waals surface area contributed by atoms with Crippen LogP contribution in [-0.2, 0) is 42.1 Å². The third-order valence-electron chi connectivity index (χ3n) is 5.85. The maximum Gasteiger partial charge on any atom is 2.00 e. The average molecular weight is 1180 g/mol. The summed E-state index contributed by atoms with van der Waals surface area (Å²) >= 11 is 0. The van der Waals surface area contributed by atoms with Crippen molar-refractivity contribution in [2.45, 2.75) is 13.8 Å². The van der Waals surface area contributed by atoms with Crippen LogP contribution >= 0.6 is 0 Å². The fourth-order valence-electron chi connectivity index (χ4n) is 3.91. The van der Waals surface area contributed by atoms with Crippen molar-refractivity contribution in [3.63, 3.8) is 0 Å². The van der Waals surface area contributed by atoms with Gasteiger partial charge in [-0.2, -0.15) is 31.6 Å². The maximum atomic E-state index is 9.14. The molecule has 6 aromatic heterocycles. The zero-order chi connectivity index (χ0) is 36.1. The zero-order valence-corrected chi connectivity index (χ0v) is 36.2. The molecule has 6 rings (SSSR count). The molecule has 0 unspecified atom stereocenters. The van der Waals surface area contributed by atoms with E-state index in [1.165, 1.54) is 13.8 Å². The Labute approximate surface area is 376 Å². The summed E-state index contributed by atoms with van der Waals surface area (Å²) in [6, 6.07) is 32.5. The van der Waals surface area contributed by atoms with Crippen molar-refractivity contribution in [2.24, 2.45) is 0 Å². The number of halogens is 4. The minimum absolute atomic E-state index is 0. The van der Waals surface area contributed by atoms with E-state index in [0.717, 1.165) is 0 Å². The Kier molecular flexibility index (Phi) is 32.1. The molecule has 284 valence electrons. The van der Waals surface area contributed by atoms with E-state index < -0.39 is 0 Å². The van der Waals surface area contributed by atoms with E-state index >= 15 is 0 Å². The van der Waals surface area contributed by atoms with Gasteiger partial charge in [-0.3, -0.25) is 19.9 Å². The van der Waals surface area contributed by atoms with Crippen LogP contribution in [0.25, 0.3) is 45.6 Å². The summed E-state index contributed by atoms with van der Waals surface area (Å²) in [5.74, 6) is 0. The van der Waals surface area contributed by atoms with Gasteiger partial charge in [0.25, 0.3) is 0 Å². The minimum atomic E-state index is -0.0252. The SMILES string of the molecule is CC#N.CC#N.N#Cc1nc(-c2ccccn2)c(-c2ccccn2)nc1C#N.N#Cc1nc(-c2ccccn2)c(-c2ccccn2)nc1C#N.[Cl-].[Cl-].[Cl-].[Cl-].[Pt+2].[Pt+2]. The van der Waals surface area contributed by atoms with E-state index in [1.807, 2.05) is 48.5 Å². The van der Waals surface area contributed by atoms with E-state index in [-0.39, 0.29) is 115 Å². The summed E-state index contributed by atoms with van der Waals surface area (Å²) in [5.41, 5.74) is 3.87. The molecule has 0 aromatic carbocycles. The van der Waals surface area contributed by atoms with Gasteiger partial charge >= 0.3 is 42.1 Å². The Morgan fingerprint density at radius 1 is 0.357 bits per heavy atom. The summed E-state index contributed by atoms with van der Waals surface area (Å²) in [6.45, 7) is 2.86. The molecule has 14 nitrogen and oxygen atoms in total. The van der Waals surface area contributed by atoms with Crippen LogP contribution in [0.4, 0.5) is 0 Å². The normalized spacial score (nSPS) is 7.93. The fraction of sp³-hybridized carbons (Fsp3) is 0.0556. The van der Waals surface area contributed by atoms with Crippen molar-refractivity contribution in [1.82, 2.24) is 39.9 Å². The molecule has 6 aromatic rings. The Bertz CT molecular complexity index is 2000. The minimum Gasteiger partial charge on any atom is -1.00 e. The number of aromatic nitrogens is 8. The average Bonchev–Trinajstić information content (AvgIpc) is 3.19. The molecule has 0 fully saturated rings. The van der Waals surface area contributed by atoms with E-state index in [2.05, 4.69) is 39.9 Å². The van der Waals surface area contributed by atoms with Gasteiger partial charge in [0, 0.05) is 38.6 Å². The first-order valence-electron chi connectivity index (χ1n) is 14.2. The van der Waals surface area contributed by atoms with Crippen LogP contribution in [0, 0.1) is 68.0 Å². The Balaban J connectivity index is -0.000000387. The van der Waals surface area contributed by atoms with Crippen LogP contribution in [0.2, 0.25) is 0 Å². The molecule has 0 N–H and O–H groups in total. The van der Waals surface area contributed by atoms with Crippen LogP contribution in [0.3, 0.4) is 0 Å². The van der Waals surface area contributed by atoms with Gasteiger partial charge in [0.15, 0.2) is 22.8 Å². The van der Waals surface area contributed by atoms with Gasteiger partial charge in [0.2, 0.25) is 0 Å². The molecule has 0 saturated carbocycles. The van der Waals surface area contributed by atoms with Crippen LogP contribution < -0.4 is 49.6 Å². The molecule has 0 amide bonds. The quantitative estimate of drug-likeness (QED) is 0.160. The maximum absolute atomic E-state index is 9.14. The summed E-state index contributed by atoms with van der Waals surface area (Å²) in [5, 5.41) is 51.2. The van der Waals surface area contributed by atoms with E-state index in [0.29, 0.717) is 45.6 Å². The Morgan fingerprint density at radius 3 is 0.661 bits per heavy atom. The first kappa shape index (κ1) is 57.0. The third-order valence-corrected chi connectivity index (χ3v) is 5.85. The number of rotatable bonds is 4. The van der Waals surface area contributed by atoms with Crippen molar-refractivity contribution >= 4 is 0 Å². The van der Waals surface area contributed by atoms with Crippen LogP contribution in [0.1, 0.15) is 36.6 Å². The van der Waals surface area contributed by atoms with Crippen molar-refractivity contribution in [2.75, 3.05) is 0 Å². The first-order chi connectivity index (χ1) is 24.5. The van der Waals surface area contributed by atoms with Crippen molar-refractivity contribution in [3.05, 3.63) is 120 Å². The predicted octanol–water partition coefficient (Wildman–Crippen LogP) is -6.24. The second-order valence-corrected chi connectivity index (χ2v) is 8.99. The van der Waals surface area contributed by atoms with E-state index in [4.69, 9.17) is 31.6 Å². The van der Waals surface area contributed by atoms with Crippen LogP contribution in [0.15, 0.2) is 97.6 Å². The van der Waals surface area contributed by atoms with Crippen molar-refractivity contribution < 1.29 is 91.8 Å². The van der Waals surface area contributed by atoms with Gasteiger partial charge in [-0.1, -0.05) is 24.3 Å². The molecule has 0 saturated heterocycles. The molecule has 0 aliphatic heterocycles. The summed E-state index contributed by atoms with van der Waals surface area (Å²) in [7, 11) is 0. The number of hydrogen-bond acceptors (Lipinski definition) is 14. The first-order valence-corrected chi connectivity index (χ1v) is 14.2. The van der Waals surface area contributed by atoms with Crippen LogP contribution in [-0.4, -0.2) is 39.9 Å². The van der Waals surface area contributed by atoms with Gasteiger partial charge in [0.1, 0.15) is 47.1 Å². The number of pyridine rings is 4. The van der Waals surface area contributed by atoms with Gasteiger partial charge in [0.05, 0.1) is 34.9 Å². The number of hydrogen-bond donors (Lipinski definition) is 0. The second kappa shape index (κ2) is 31.6. The van der Waals surface area contributed by atoms with Gasteiger partial charge < -0.3 is 49.6 Å². The molecular weight excluding hydrogens is 1160 g/mol. The molecule has 0 aliphatic rings. The molecule has 6 heterocycles. The summed E-state index contributed by atoms with van der Waals surface area (Å²) in [4.78, 5) is 34.0. The molecule has 0 radical (unpaired) electrons. The molecule has 0 aliphatic carbocycles. The standard InChI is InChI=1S/2C16H8N6.2C2H3N.4ClH.2Pt/c2*17-9-13-14(10-18)22-16(12-6-2-4-8-20-12)15(21-13)11-5-1-3-7-19-11;2*1-2-3;;;;;;/h2*1-8H;2*1H3;4*1H;;/q;;;;;;;;2*+2/p-4. The number of nitriles is 6. The summed E-state index contributed by atoms with van der Waals surface area (Å²) < 4.78 is 0. The Hall–Kier alpha value is -5.76. The summed E-state index contributed by atoms with van der Waals surface area (Å²) in [6.07, 6.45) is 6.51. The number of nitrogens with zero attached hydrogens (tertiary/aromatic N) is 14. The zero-order valence-electron chi connectivity index (χ0n) is 28.6. The van der Waals surface area contributed by atoms with Crippen molar-refractivity contribution in [1.29, 1.82) is 31.6 Å². The topological polar surface area (TPSA) is 246 Å². The monoisotopic (exact) mass is 1180 g/mol. The van der Waals surface area contributed by atoms with Crippen LogP contribution in [0.5, 0.6) is 0 Å². The third kappa shape index (κ3) is 15.9. The van der Waals surface area contributed by atoms with Crippen molar-refractivity contribution in [3.8, 4) is 82.0 Å². The molecule has 0 atom stereocenters. The molecule has 0 bridgehead atoms. The predicted molar refractivity (Wildman–Crippen MR) is 178 cm³/mol. The van der Waals surface area contributed by atoms with E-state index in [1.54, 1.807) is 85.5 Å². The second-order valence-electron chi connectivity index (χ2n) is 8.99. The molecule has 56 heavy (non-hydrogen) atoms.